The van der Waals surface area contributed by atoms with E-state index in [2.05, 4.69) is 4.74 Å². The second kappa shape index (κ2) is 12.2. The van der Waals surface area contributed by atoms with E-state index in [1.54, 1.807) is 7.11 Å². The molecule has 0 aliphatic heterocycles. The molecule has 0 amide bonds. The van der Waals surface area contributed by atoms with Gasteiger partial charge in [0.05, 0.1) is 25.4 Å². The monoisotopic (exact) mass is 278 g/mol. The van der Waals surface area contributed by atoms with Gasteiger partial charge in [0.1, 0.15) is 0 Å². The predicted molar refractivity (Wildman–Crippen MR) is 70.5 cm³/mol. The van der Waals surface area contributed by atoms with Gasteiger partial charge in [-0.3, -0.25) is 0 Å². The van der Waals surface area contributed by atoms with Gasteiger partial charge in [0.15, 0.2) is 0 Å². The van der Waals surface area contributed by atoms with Crippen molar-refractivity contribution in [2.45, 2.75) is 45.3 Å². The van der Waals surface area contributed by atoms with Crippen LogP contribution >= 0.6 is 0 Å². The third-order valence-corrected chi connectivity index (χ3v) is 2.68. The Labute approximate surface area is 115 Å². The molecule has 0 aromatic rings. The minimum atomic E-state index is -1.26. The van der Waals surface area contributed by atoms with E-state index < -0.39 is 6.16 Å². The molecule has 0 saturated carbocycles. The first kappa shape index (κ1) is 18.1. The van der Waals surface area contributed by atoms with Crippen LogP contribution in [0.2, 0.25) is 0 Å². The highest BCUT2D eigenvalue weighted by atomic mass is 16.7. The Bertz CT molecular complexity index is 221. The van der Waals surface area contributed by atoms with Crippen LogP contribution in [0.4, 0.5) is 4.79 Å². The van der Waals surface area contributed by atoms with Crippen LogP contribution in [0.1, 0.15) is 33.1 Å². The summed E-state index contributed by atoms with van der Waals surface area (Å²) in [6, 6.07) is 0. The molecule has 0 aliphatic carbocycles. The molecule has 2 unspecified atom stereocenters. The second-order valence-electron chi connectivity index (χ2n) is 4.13. The van der Waals surface area contributed by atoms with Gasteiger partial charge < -0.3 is 24.1 Å². The molecule has 1 N–H and O–H groups in total. The molecule has 0 heterocycles. The largest absolute Gasteiger partial charge is 0.505 e. The molecule has 114 valence electrons. The first-order valence-corrected chi connectivity index (χ1v) is 6.71. The molecule has 2 atom stereocenters. The van der Waals surface area contributed by atoms with Crippen LogP contribution in [0.25, 0.3) is 0 Å². The number of hydrogen-bond donors (Lipinski definition) is 1. The molecular formula is C13H26O6. The first-order valence-electron chi connectivity index (χ1n) is 6.71. The summed E-state index contributed by atoms with van der Waals surface area (Å²) in [5, 5.41) is 8.42. The van der Waals surface area contributed by atoms with Crippen molar-refractivity contribution in [1.82, 2.24) is 0 Å². The van der Waals surface area contributed by atoms with Gasteiger partial charge in [-0.25, -0.2) is 4.79 Å². The number of carboxylic acid groups (broad SMARTS) is 1. The number of carbonyl (C=O) groups is 1. The van der Waals surface area contributed by atoms with E-state index in [0.717, 1.165) is 6.42 Å². The van der Waals surface area contributed by atoms with Gasteiger partial charge >= 0.3 is 6.16 Å². The summed E-state index contributed by atoms with van der Waals surface area (Å²) in [7, 11) is 1.62. The highest BCUT2D eigenvalue weighted by Gasteiger charge is 2.14. The van der Waals surface area contributed by atoms with Gasteiger partial charge in [-0.05, 0) is 19.8 Å². The Morgan fingerprint density at radius 3 is 2.32 bits per heavy atom. The normalized spacial score (nSPS) is 14.1. The summed E-state index contributed by atoms with van der Waals surface area (Å²) in [5.74, 6) is 0. The number of methoxy groups -OCH3 is 1. The fourth-order valence-electron chi connectivity index (χ4n) is 1.60. The van der Waals surface area contributed by atoms with Gasteiger partial charge in [-0.1, -0.05) is 6.92 Å². The van der Waals surface area contributed by atoms with E-state index in [0.29, 0.717) is 32.7 Å². The highest BCUT2D eigenvalue weighted by Crippen LogP contribution is 2.08. The standard InChI is InChI=1S/C13H26O6/c1-4-11(17-5-2)10-19-12(6-8-16-3)7-9-18-13(14)15/h11-12H,4-10H2,1-3H3,(H,14,15). The van der Waals surface area contributed by atoms with Gasteiger partial charge in [0.25, 0.3) is 0 Å². The minimum absolute atomic E-state index is 0.0752. The Morgan fingerprint density at radius 1 is 1.11 bits per heavy atom. The average molecular weight is 278 g/mol. The van der Waals surface area contributed by atoms with E-state index in [1.165, 1.54) is 0 Å². The van der Waals surface area contributed by atoms with E-state index in [1.807, 2.05) is 13.8 Å². The second-order valence-corrected chi connectivity index (χ2v) is 4.13. The minimum Gasteiger partial charge on any atom is -0.450 e. The third-order valence-electron chi connectivity index (χ3n) is 2.68. The smallest absolute Gasteiger partial charge is 0.450 e. The van der Waals surface area contributed by atoms with Crippen molar-refractivity contribution in [3.05, 3.63) is 0 Å². The predicted octanol–water partition coefficient (Wildman–Crippen LogP) is 2.31. The maximum atomic E-state index is 10.3. The fourth-order valence-corrected chi connectivity index (χ4v) is 1.60. The molecule has 0 saturated heterocycles. The maximum absolute atomic E-state index is 10.3. The van der Waals surface area contributed by atoms with E-state index in [9.17, 15) is 4.79 Å². The summed E-state index contributed by atoms with van der Waals surface area (Å²) in [6.07, 6.45) is 0.868. The summed E-state index contributed by atoms with van der Waals surface area (Å²) in [6.45, 7) is 5.87. The van der Waals surface area contributed by atoms with E-state index in [4.69, 9.17) is 19.3 Å². The lowest BCUT2D eigenvalue weighted by Crippen LogP contribution is -2.26. The Hall–Kier alpha value is -0.850. The molecule has 0 radical (unpaired) electrons. The van der Waals surface area contributed by atoms with Crippen LogP contribution < -0.4 is 0 Å². The maximum Gasteiger partial charge on any atom is 0.505 e. The lowest BCUT2D eigenvalue weighted by Gasteiger charge is -2.21. The molecular weight excluding hydrogens is 252 g/mol. The molecule has 0 rings (SSSR count). The quantitative estimate of drug-likeness (QED) is 0.552. The summed E-state index contributed by atoms with van der Waals surface area (Å²) >= 11 is 0. The molecule has 0 aromatic carbocycles. The van der Waals surface area contributed by atoms with Crippen LogP contribution in [0, 0.1) is 0 Å². The van der Waals surface area contributed by atoms with Gasteiger partial charge in [-0.2, -0.15) is 0 Å². The van der Waals surface area contributed by atoms with Gasteiger partial charge in [-0.15, -0.1) is 0 Å². The van der Waals surface area contributed by atoms with E-state index in [-0.39, 0.29) is 18.8 Å². The molecule has 0 bridgehead atoms. The zero-order chi connectivity index (χ0) is 14.5. The molecule has 6 heteroatoms. The van der Waals surface area contributed by atoms with Crippen molar-refractivity contribution >= 4 is 6.16 Å². The molecule has 0 fully saturated rings. The van der Waals surface area contributed by atoms with E-state index >= 15 is 0 Å². The Balaban J connectivity index is 3.98. The average Bonchev–Trinajstić information content (AvgIpc) is 2.39. The van der Waals surface area contributed by atoms with Crippen LogP contribution in [0.5, 0.6) is 0 Å². The van der Waals surface area contributed by atoms with Gasteiger partial charge in [0.2, 0.25) is 0 Å². The summed E-state index contributed by atoms with van der Waals surface area (Å²) in [4.78, 5) is 10.3. The van der Waals surface area contributed by atoms with Crippen molar-refractivity contribution in [1.29, 1.82) is 0 Å². The molecule has 6 nitrogen and oxygen atoms in total. The SMILES string of the molecule is CCOC(CC)COC(CCOC)CCOC(=O)O. The molecule has 0 spiro atoms. The number of hydrogen-bond acceptors (Lipinski definition) is 5. The Kier molecular flexibility index (Phi) is 11.7. The summed E-state index contributed by atoms with van der Waals surface area (Å²) in [5.41, 5.74) is 0. The highest BCUT2D eigenvalue weighted by molar-refractivity contribution is 5.56. The van der Waals surface area contributed by atoms with Crippen LogP contribution in [0.15, 0.2) is 0 Å². The fraction of sp³-hybridized carbons (Fsp3) is 0.923. The van der Waals surface area contributed by atoms with Crippen molar-refractivity contribution in [3.63, 3.8) is 0 Å². The topological polar surface area (TPSA) is 74.2 Å². The lowest BCUT2D eigenvalue weighted by atomic mass is 10.2. The Morgan fingerprint density at radius 2 is 1.79 bits per heavy atom. The van der Waals surface area contributed by atoms with Gasteiger partial charge in [0, 0.05) is 26.7 Å². The molecule has 0 aliphatic rings. The van der Waals surface area contributed by atoms with Crippen molar-refractivity contribution in [3.8, 4) is 0 Å². The zero-order valence-electron chi connectivity index (χ0n) is 12.1. The first-order chi connectivity index (χ1) is 9.13. The number of rotatable bonds is 12. The van der Waals surface area contributed by atoms with Crippen molar-refractivity contribution in [2.75, 3.05) is 33.5 Å². The third kappa shape index (κ3) is 10.7. The number of ether oxygens (including phenoxy) is 4. The van der Waals surface area contributed by atoms with Crippen LogP contribution in [0.3, 0.4) is 0 Å². The summed E-state index contributed by atoms with van der Waals surface area (Å²) < 4.78 is 20.8. The van der Waals surface area contributed by atoms with Crippen molar-refractivity contribution < 1.29 is 28.8 Å². The molecule has 19 heavy (non-hydrogen) atoms. The zero-order valence-corrected chi connectivity index (χ0v) is 12.1. The lowest BCUT2D eigenvalue weighted by molar-refractivity contribution is -0.0560. The van der Waals surface area contributed by atoms with Crippen LogP contribution in [-0.2, 0) is 18.9 Å². The molecule has 0 aromatic heterocycles. The van der Waals surface area contributed by atoms with Crippen LogP contribution in [-0.4, -0.2) is 57.0 Å². The van der Waals surface area contributed by atoms with Crippen molar-refractivity contribution in [2.24, 2.45) is 0 Å².